The third-order valence-corrected chi connectivity index (χ3v) is 3.83. The van der Waals surface area contributed by atoms with Gasteiger partial charge >= 0.3 is 0 Å². The Hall–Kier alpha value is -0.610. The van der Waals surface area contributed by atoms with Crippen molar-refractivity contribution in [3.05, 3.63) is 27.8 Å². The van der Waals surface area contributed by atoms with Crippen molar-refractivity contribution in [2.45, 2.75) is 6.92 Å². The highest BCUT2D eigenvalue weighted by Gasteiger charge is 2.08. The number of ether oxygens (including phenoxy) is 1. The molecule has 0 saturated heterocycles. The van der Waals surface area contributed by atoms with Crippen LogP contribution in [0.1, 0.15) is 6.92 Å². The predicted molar refractivity (Wildman–Crippen MR) is 60.7 cm³/mol. The van der Waals surface area contributed by atoms with Gasteiger partial charge < -0.3 is 4.74 Å². The molecule has 0 unspecified atom stereocenters. The van der Waals surface area contributed by atoms with Gasteiger partial charge in [0.25, 0.3) is 0 Å². The van der Waals surface area contributed by atoms with Gasteiger partial charge in [-0.3, -0.25) is 0 Å². The summed E-state index contributed by atoms with van der Waals surface area (Å²) < 4.78 is 20.3. The van der Waals surface area contributed by atoms with Crippen LogP contribution in [0.5, 0.6) is 5.75 Å². The van der Waals surface area contributed by atoms with Gasteiger partial charge in [0.1, 0.15) is 11.6 Å². The fourth-order valence-electron chi connectivity index (χ4n) is 1.29. The summed E-state index contributed by atoms with van der Waals surface area (Å²) in [4.78, 5) is 0. The van der Waals surface area contributed by atoms with E-state index >= 15 is 0 Å². The summed E-state index contributed by atoms with van der Waals surface area (Å²) in [7, 11) is 0. The van der Waals surface area contributed by atoms with Gasteiger partial charge in [-0.1, -0.05) is 0 Å². The standard InChI is InChI=1S/C10H8BrFOS/c1-2-13-6-3-7-8(11)5-14-10(7)9(12)4-6/h3-5H,2H2,1H3. The molecule has 74 valence electrons. The molecule has 1 aromatic carbocycles. The average Bonchev–Trinajstić information content (AvgIpc) is 2.49. The highest BCUT2D eigenvalue weighted by Crippen LogP contribution is 2.35. The second kappa shape index (κ2) is 3.87. The molecule has 0 aliphatic heterocycles. The molecule has 0 saturated carbocycles. The Morgan fingerprint density at radius 3 is 3.00 bits per heavy atom. The SMILES string of the molecule is CCOc1cc(F)c2scc(Br)c2c1. The zero-order valence-corrected chi connectivity index (χ0v) is 9.91. The summed E-state index contributed by atoms with van der Waals surface area (Å²) in [6, 6.07) is 3.28. The lowest BCUT2D eigenvalue weighted by Crippen LogP contribution is -1.91. The van der Waals surface area contributed by atoms with Gasteiger partial charge in [-0.05, 0) is 28.9 Å². The van der Waals surface area contributed by atoms with E-state index in [-0.39, 0.29) is 5.82 Å². The molecular formula is C10H8BrFOS. The molecule has 14 heavy (non-hydrogen) atoms. The number of halogens is 2. The summed E-state index contributed by atoms with van der Waals surface area (Å²) in [5.74, 6) is 0.359. The fourth-order valence-corrected chi connectivity index (χ4v) is 2.83. The Balaban J connectivity index is 2.63. The lowest BCUT2D eigenvalue weighted by molar-refractivity contribution is 0.339. The summed E-state index contributed by atoms with van der Waals surface area (Å²) in [6.45, 7) is 2.43. The van der Waals surface area contributed by atoms with Gasteiger partial charge in [0, 0.05) is 21.3 Å². The smallest absolute Gasteiger partial charge is 0.144 e. The average molecular weight is 275 g/mol. The van der Waals surface area contributed by atoms with Gasteiger partial charge in [-0.25, -0.2) is 4.39 Å². The number of hydrogen-bond acceptors (Lipinski definition) is 2. The molecule has 1 aromatic heterocycles. The van der Waals surface area contributed by atoms with Gasteiger partial charge in [0.05, 0.1) is 11.3 Å². The first-order valence-corrected chi connectivity index (χ1v) is 5.88. The Bertz CT molecular complexity index is 466. The highest BCUT2D eigenvalue weighted by molar-refractivity contribution is 9.10. The molecule has 2 rings (SSSR count). The lowest BCUT2D eigenvalue weighted by Gasteiger charge is -2.03. The Morgan fingerprint density at radius 1 is 1.50 bits per heavy atom. The van der Waals surface area contributed by atoms with Crippen molar-refractivity contribution in [2.24, 2.45) is 0 Å². The second-order valence-corrected chi connectivity index (χ2v) is 4.53. The van der Waals surface area contributed by atoms with E-state index in [0.717, 1.165) is 9.86 Å². The summed E-state index contributed by atoms with van der Waals surface area (Å²) in [5, 5.41) is 2.75. The molecule has 0 amide bonds. The van der Waals surface area contributed by atoms with Gasteiger partial charge in [-0.2, -0.15) is 0 Å². The molecule has 0 bridgehead atoms. The predicted octanol–water partition coefficient (Wildman–Crippen LogP) is 4.20. The van der Waals surface area contributed by atoms with Crippen molar-refractivity contribution in [3.63, 3.8) is 0 Å². The van der Waals surface area contributed by atoms with Crippen molar-refractivity contribution >= 4 is 37.4 Å². The van der Waals surface area contributed by atoms with Crippen LogP contribution in [-0.2, 0) is 0 Å². The summed E-state index contributed by atoms with van der Waals surface area (Å²) in [5.41, 5.74) is 0. The fraction of sp³-hybridized carbons (Fsp3) is 0.200. The van der Waals surface area contributed by atoms with Crippen molar-refractivity contribution < 1.29 is 9.13 Å². The highest BCUT2D eigenvalue weighted by atomic mass is 79.9. The third kappa shape index (κ3) is 1.64. The van der Waals surface area contributed by atoms with E-state index in [0.29, 0.717) is 17.1 Å². The molecule has 2 aromatic rings. The van der Waals surface area contributed by atoms with Crippen LogP contribution in [0.15, 0.2) is 22.0 Å². The van der Waals surface area contributed by atoms with Crippen LogP contribution in [0.3, 0.4) is 0 Å². The molecule has 0 fully saturated rings. The number of rotatable bonds is 2. The van der Waals surface area contributed by atoms with Crippen LogP contribution in [0.25, 0.3) is 10.1 Å². The van der Waals surface area contributed by atoms with Gasteiger partial charge in [0.15, 0.2) is 0 Å². The van der Waals surface area contributed by atoms with E-state index in [9.17, 15) is 4.39 Å². The van der Waals surface area contributed by atoms with E-state index < -0.39 is 0 Å². The van der Waals surface area contributed by atoms with E-state index in [1.54, 1.807) is 0 Å². The minimum atomic E-state index is -0.221. The van der Waals surface area contributed by atoms with Crippen molar-refractivity contribution in [1.82, 2.24) is 0 Å². The van der Waals surface area contributed by atoms with Crippen molar-refractivity contribution in [2.75, 3.05) is 6.61 Å². The Kier molecular flexibility index (Phi) is 2.74. The molecule has 4 heteroatoms. The molecule has 1 nitrogen and oxygen atoms in total. The molecule has 0 radical (unpaired) electrons. The first-order valence-electron chi connectivity index (χ1n) is 4.21. The maximum absolute atomic E-state index is 13.5. The van der Waals surface area contributed by atoms with Crippen molar-refractivity contribution in [1.29, 1.82) is 0 Å². The quantitative estimate of drug-likeness (QED) is 0.798. The first kappa shape index (κ1) is 9.93. The zero-order valence-electron chi connectivity index (χ0n) is 7.51. The molecule has 1 heterocycles. The van der Waals surface area contributed by atoms with Crippen LogP contribution in [0.4, 0.5) is 4.39 Å². The van der Waals surface area contributed by atoms with Crippen molar-refractivity contribution in [3.8, 4) is 5.75 Å². The minimum absolute atomic E-state index is 0.221. The van der Waals surface area contributed by atoms with E-state index in [1.807, 2.05) is 18.4 Å². The summed E-state index contributed by atoms with van der Waals surface area (Å²) in [6.07, 6.45) is 0. The van der Waals surface area contributed by atoms with E-state index in [2.05, 4.69) is 15.9 Å². The van der Waals surface area contributed by atoms with Crippen LogP contribution < -0.4 is 4.74 Å². The summed E-state index contributed by atoms with van der Waals surface area (Å²) >= 11 is 4.76. The zero-order chi connectivity index (χ0) is 10.1. The lowest BCUT2D eigenvalue weighted by atomic mass is 10.2. The monoisotopic (exact) mass is 274 g/mol. The molecule has 0 aliphatic carbocycles. The maximum atomic E-state index is 13.5. The van der Waals surface area contributed by atoms with Crippen LogP contribution >= 0.6 is 27.3 Å². The van der Waals surface area contributed by atoms with Gasteiger partial charge in [-0.15, -0.1) is 11.3 Å². The molecule has 0 atom stereocenters. The second-order valence-electron chi connectivity index (χ2n) is 2.80. The van der Waals surface area contributed by atoms with Crippen LogP contribution in [-0.4, -0.2) is 6.61 Å². The van der Waals surface area contributed by atoms with E-state index in [4.69, 9.17) is 4.74 Å². The molecule has 0 aliphatic rings. The Labute approximate surface area is 93.6 Å². The van der Waals surface area contributed by atoms with Crippen LogP contribution in [0.2, 0.25) is 0 Å². The van der Waals surface area contributed by atoms with Crippen LogP contribution in [0, 0.1) is 5.82 Å². The number of thiophene rings is 1. The maximum Gasteiger partial charge on any atom is 0.144 e. The molecule has 0 N–H and O–H groups in total. The molecule has 0 spiro atoms. The Morgan fingerprint density at radius 2 is 2.29 bits per heavy atom. The number of benzene rings is 1. The minimum Gasteiger partial charge on any atom is -0.494 e. The van der Waals surface area contributed by atoms with Gasteiger partial charge in [0.2, 0.25) is 0 Å². The third-order valence-electron chi connectivity index (χ3n) is 1.87. The first-order chi connectivity index (χ1) is 6.72. The number of hydrogen-bond donors (Lipinski definition) is 0. The number of fused-ring (bicyclic) bond motifs is 1. The largest absolute Gasteiger partial charge is 0.494 e. The van der Waals surface area contributed by atoms with E-state index in [1.165, 1.54) is 17.4 Å². The molecular weight excluding hydrogens is 267 g/mol. The normalized spacial score (nSPS) is 10.8. The topological polar surface area (TPSA) is 9.23 Å².